The van der Waals surface area contributed by atoms with Crippen LogP contribution in [0.3, 0.4) is 0 Å². The Labute approximate surface area is 134 Å². The summed E-state index contributed by atoms with van der Waals surface area (Å²) >= 11 is 7.20. The fourth-order valence-electron chi connectivity index (χ4n) is 2.09. The van der Waals surface area contributed by atoms with E-state index in [4.69, 9.17) is 11.6 Å². The number of fused-ring (bicyclic) bond motifs is 1. The number of hydrogen-bond donors (Lipinski definition) is 0. The highest BCUT2D eigenvalue weighted by molar-refractivity contribution is 7.17. The summed E-state index contributed by atoms with van der Waals surface area (Å²) in [7, 11) is 1.28. The number of aromatic nitrogens is 2. The molecule has 2 aromatic heterocycles. The summed E-state index contributed by atoms with van der Waals surface area (Å²) < 4.78 is 6.33. The Hall–Kier alpha value is -2.18. The number of benzene rings is 1. The Morgan fingerprint density at radius 2 is 2.09 bits per heavy atom. The molecule has 112 valence electrons. The standard InChI is InChI=1S/C15H11ClN2O3S/c1-21-12(19)6-18-8-17-13-11(7-22-14(13)15(18)20)9-2-4-10(16)5-3-9/h2-5,7-8H,6H2,1H3. The van der Waals surface area contributed by atoms with E-state index in [1.54, 1.807) is 12.1 Å². The average molecular weight is 335 g/mol. The van der Waals surface area contributed by atoms with Gasteiger partial charge in [0.2, 0.25) is 0 Å². The van der Waals surface area contributed by atoms with Crippen LogP contribution in [0, 0.1) is 0 Å². The molecule has 0 saturated carbocycles. The van der Waals surface area contributed by atoms with Crippen LogP contribution in [-0.4, -0.2) is 22.6 Å². The van der Waals surface area contributed by atoms with Crippen molar-refractivity contribution in [3.8, 4) is 11.1 Å². The van der Waals surface area contributed by atoms with Gasteiger partial charge in [0, 0.05) is 16.0 Å². The van der Waals surface area contributed by atoms with Gasteiger partial charge in [0.1, 0.15) is 11.2 Å². The van der Waals surface area contributed by atoms with Crippen molar-refractivity contribution < 1.29 is 9.53 Å². The molecule has 0 bridgehead atoms. The number of ether oxygens (including phenoxy) is 1. The van der Waals surface area contributed by atoms with E-state index in [1.807, 2.05) is 17.5 Å². The lowest BCUT2D eigenvalue weighted by Crippen LogP contribution is -2.24. The third kappa shape index (κ3) is 2.63. The van der Waals surface area contributed by atoms with Crippen LogP contribution in [0.15, 0.2) is 40.8 Å². The molecule has 0 aliphatic carbocycles. The molecule has 0 aliphatic rings. The Balaban J connectivity index is 2.09. The highest BCUT2D eigenvalue weighted by Gasteiger charge is 2.14. The van der Waals surface area contributed by atoms with E-state index < -0.39 is 5.97 Å². The van der Waals surface area contributed by atoms with Crippen LogP contribution in [0.2, 0.25) is 5.02 Å². The first-order valence-electron chi connectivity index (χ1n) is 6.39. The average Bonchev–Trinajstić information content (AvgIpc) is 2.95. The first-order chi connectivity index (χ1) is 10.6. The Bertz CT molecular complexity index is 899. The van der Waals surface area contributed by atoms with Gasteiger partial charge in [0.15, 0.2) is 0 Å². The van der Waals surface area contributed by atoms with Gasteiger partial charge in [-0.3, -0.25) is 14.2 Å². The van der Waals surface area contributed by atoms with Gasteiger partial charge in [-0.25, -0.2) is 4.98 Å². The maximum atomic E-state index is 12.4. The normalized spacial score (nSPS) is 10.8. The van der Waals surface area contributed by atoms with Crippen molar-refractivity contribution in [3.05, 3.63) is 51.3 Å². The van der Waals surface area contributed by atoms with Crippen molar-refractivity contribution in [3.63, 3.8) is 0 Å². The number of nitrogens with zero attached hydrogens (tertiary/aromatic N) is 2. The summed E-state index contributed by atoms with van der Waals surface area (Å²) in [5.41, 5.74) is 2.19. The second-order valence-corrected chi connectivity index (χ2v) is 5.90. The number of esters is 1. The van der Waals surface area contributed by atoms with Crippen molar-refractivity contribution >= 4 is 39.1 Å². The van der Waals surface area contributed by atoms with Gasteiger partial charge in [0.05, 0.1) is 19.0 Å². The zero-order chi connectivity index (χ0) is 15.7. The van der Waals surface area contributed by atoms with Gasteiger partial charge >= 0.3 is 5.97 Å². The fourth-order valence-corrected chi connectivity index (χ4v) is 3.19. The molecule has 22 heavy (non-hydrogen) atoms. The molecule has 0 saturated heterocycles. The molecule has 0 fully saturated rings. The van der Waals surface area contributed by atoms with Crippen LogP contribution >= 0.6 is 22.9 Å². The Kier molecular flexibility index (Phi) is 3.96. The maximum absolute atomic E-state index is 12.4. The van der Waals surface area contributed by atoms with Gasteiger partial charge in [-0.15, -0.1) is 11.3 Å². The number of thiophene rings is 1. The van der Waals surface area contributed by atoms with E-state index in [0.29, 0.717) is 15.2 Å². The van der Waals surface area contributed by atoms with Gasteiger partial charge in [0.25, 0.3) is 5.56 Å². The lowest BCUT2D eigenvalue weighted by Gasteiger charge is -2.04. The summed E-state index contributed by atoms with van der Waals surface area (Å²) in [4.78, 5) is 28.0. The molecule has 0 atom stereocenters. The third-order valence-corrected chi connectivity index (χ3v) is 4.44. The van der Waals surface area contributed by atoms with Crippen molar-refractivity contribution in [1.29, 1.82) is 0 Å². The zero-order valence-corrected chi connectivity index (χ0v) is 13.1. The van der Waals surface area contributed by atoms with E-state index in [1.165, 1.54) is 29.3 Å². The number of rotatable bonds is 3. The molecule has 3 rings (SSSR count). The molecule has 1 aromatic carbocycles. The molecule has 0 unspecified atom stereocenters. The van der Waals surface area contributed by atoms with Crippen molar-refractivity contribution in [1.82, 2.24) is 9.55 Å². The van der Waals surface area contributed by atoms with Gasteiger partial charge in [-0.2, -0.15) is 0 Å². The zero-order valence-electron chi connectivity index (χ0n) is 11.6. The van der Waals surface area contributed by atoms with Crippen LogP contribution in [0.25, 0.3) is 21.3 Å². The monoisotopic (exact) mass is 334 g/mol. The van der Waals surface area contributed by atoms with Gasteiger partial charge < -0.3 is 4.74 Å². The molecule has 5 nitrogen and oxygen atoms in total. The Morgan fingerprint density at radius 1 is 1.36 bits per heavy atom. The van der Waals surface area contributed by atoms with E-state index >= 15 is 0 Å². The van der Waals surface area contributed by atoms with E-state index in [0.717, 1.165) is 11.1 Å². The van der Waals surface area contributed by atoms with Crippen molar-refractivity contribution in [2.75, 3.05) is 7.11 Å². The second kappa shape index (κ2) is 5.90. The first kappa shape index (κ1) is 14.7. The fraction of sp³-hybridized carbons (Fsp3) is 0.133. The van der Waals surface area contributed by atoms with Crippen molar-refractivity contribution in [2.45, 2.75) is 6.54 Å². The Morgan fingerprint density at radius 3 is 2.77 bits per heavy atom. The molecule has 0 amide bonds. The van der Waals surface area contributed by atoms with Crippen LogP contribution in [0.5, 0.6) is 0 Å². The number of carbonyl (C=O) groups is 1. The first-order valence-corrected chi connectivity index (χ1v) is 7.65. The molecular formula is C15H11ClN2O3S. The highest BCUT2D eigenvalue weighted by atomic mass is 35.5. The number of hydrogen-bond acceptors (Lipinski definition) is 5. The summed E-state index contributed by atoms with van der Waals surface area (Å²) in [6, 6.07) is 7.34. The predicted octanol–water partition coefficient (Wildman–Crippen LogP) is 2.95. The minimum absolute atomic E-state index is 0.146. The molecule has 0 spiro atoms. The minimum atomic E-state index is -0.488. The molecular weight excluding hydrogens is 324 g/mol. The molecule has 2 heterocycles. The van der Waals surface area contributed by atoms with Crippen LogP contribution in [0.1, 0.15) is 0 Å². The molecule has 3 aromatic rings. The van der Waals surface area contributed by atoms with E-state index in [-0.39, 0.29) is 12.1 Å². The van der Waals surface area contributed by atoms with E-state index in [9.17, 15) is 9.59 Å². The lowest BCUT2D eigenvalue weighted by molar-refractivity contribution is -0.141. The highest BCUT2D eigenvalue weighted by Crippen LogP contribution is 2.31. The van der Waals surface area contributed by atoms with Crippen LogP contribution in [-0.2, 0) is 16.1 Å². The largest absolute Gasteiger partial charge is 0.468 e. The topological polar surface area (TPSA) is 61.2 Å². The minimum Gasteiger partial charge on any atom is -0.468 e. The molecule has 7 heteroatoms. The molecule has 0 N–H and O–H groups in total. The van der Waals surface area contributed by atoms with Crippen LogP contribution < -0.4 is 5.56 Å². The van der Waals surface area contributed by atoms with Crippen molar-refractivity contribution in [2.24, 2.45) is 0 Å². The lowest BCUT2D eigenvalue weighted by atomic mass is 10.1. The predicted molar refractivity (Wildman–Crippen MR) is 86.3 cm³/mol. The molecule has 0 radical (unpaired) electrons. The summed E-state index contributed by atoms with van der Waals surface area (Å²) in [6.45, 7) is -0.146. The van der Waals surface area contributed by atoms with Gasteiger partial charge in [-0.1, -0.05) is 23.7 Å². The van der Waals surface area contributed by atoms with E-state index in [2.05, 4.69) is 9.72 Å². The van der Waals surface area contributed by atoms with Gasteiger partial charge in [-0.05, 0) is 17.7 Å². The number of methoxy groups -OCH3 is 1. The van der Waals surface area contributed by atoms with Crippen LogP contribution in [0.4, 0.5) is 0 Å². The second-order valence-electron chi connectivity index (χ2n) is 4.59. The SMILES string of the molecule is COC(=O)Cn1cnc2c(-c3ccc(Cl)cc3)csc2c1=O. The summed E-state index contributed by atoms with van der Waals surface area (Å²) in [5.74, 6) is -0.488. The molecule has 0 aliphatic heterocycles. The summed E-state index contributed by atoms with van der Waals surface area (Å²) in [5, 5.41) is 2.53. The summed E-state index contributed by atoms with van der Waals surface area (Å²) in [6.07, 6.45) is 1.37. The third-order valence-electron chi connectivity index (χ3n) is 3.23. The quantitative estimate of drug-likeness (QED) is 0.691. The number of carbonyl (C=O) groups excluding carboxylic acids is 1. The number of halogens is 1. The smallest absolute Gasteiger partial charge is 0.325 e. The maximum Gasteiger partial charge on any atom is 0.325 e.